The number of nitrogens with one attached hydrogen (secondary N) is 1. The molecule has 7 heteroatoms. The smallest absolute Gasteiger partial charge is 0.267 e. The molecule has 5 nitrogen and oxygen atoms in total. The maximum atomic E-state index is 12.4. The van der Waals surface area contributed by atoms with E-state index in [1.165, 1.54) is 6.07 Å². The van der Waals surface area contributed by atoms with E-state index in [1.807, 2.05) is 6.07 Å². The van der Waals surface area contributed by atoms with Crippen LogP contribution in [0.1, 0.15) is 11.1 Å². The SMILES string of the molecule is N#Cc1c(-c2ccncc2)[nH]c(=O)c(C#N)c1-c1ccc(Cl)c(Cl)c1. The molecule has 0 atom stereocenters. The third-order valence-electron chi connectivity index (χ3n) is 3.62. The van der Waals surface area contributed by atoms with Gasteiger partial charge in [-0.3, -0.25) is 9.78 Å². The van der Waals surface area contributed by atoms with Gasteiger partial charge in [0.15, 0.2) is 0 Å². The van der Waals surface area contributed by atoms with Gasteiger partial charge in [-0.05, 0) is 29.8 Å². The normalized spacial score (nSPS) is 10.1. The monoisotopic (exact) mass is 366 g/mol. The van der Waals surface area contributed by atoms with Crippen LogP contribution in [0.4, 0.5) is 0 Å². The number of nitrogens with zero attached hydrogens (tertiary/aromatic N) is 3. The lowest BCUT2D eigenvalue weighted by Gasteiger charge is -2.12. The first-order chi connectivity index (χ1) is 12.1. The molecule has 2 aromatic heterocycles. The van der Waals surface area contributed by atoms with Crippen molar-refractivity contribution in [3.8, 4) is 34.5 Å². The summed E-state index contributed by atoms with van der Waals surface area (Å²) in [6.45, 7) is 0. The molecule has 2 heterocycles. The second-order valence-electron chi connectivity index (χ2n) is 5.04. The van der Waals surface area contributed by atoms with Crippen molar-refractivity contribution in [3.05, 3.63) is 74.3 Å². The molecule has 0 aliphatic carbocycles. The van der Waals surface area contributed by atoms with Gasteiger partial charge in [-0.15, -0.1) is 0 Å². The fraction of sp³-hybridized carbons (Fsp3) is 0. The Morgan fingerprint density at radius 2 is 1.60 bits per heavy atom. The minimum Gasteiger partial charge on any atom is -0.320 e. The number of aromatic nitrogens is 2. The third-order valence-corrected chi connectivity index (χ3v) is 4.36. The maximum Gasteiger partial charge on any atom is 0.267 e. The van der Waals surface area contributed by atoms with Crippen LogP contribution < -0.4 is 5.56 Å². The largest absolute Gasteiger partial charge is 0.320 e. The lowest BCUT2D eigenvalue weighted by Crippen LogP contribution is -2.15. The molecule has 3 aromatic rings. The molecule has 0 aliphatic rings. The fourth-order valence-corrected chi connectivity index (χ4v) is 2.79. The first kappa shape index (κ1) is 16.7. The number of hydrogen-bond donors (Lipinski definition) is 1. The van der Waals surface area contributed by atoms with Crippen LogP contribution in [0.25, 0.3) is 22.4 Å². The summed E-state index contributed by atoms with van der Waals surface area (Å²) < 4.78 is 0. The number of nitriles is 2. The van der Waals surface area contributed by atoms with Crippen LogP contribution in [0.2, 0.25) is 10.0 Å². The molecule has 3 rings (SSSR count). The van der Waals surface area contributed by atoms with Crippen LogP contribution in [0.15, 0.2) is 47.5 Å². The first-order valence-electron chi connectivity index (χ1n) is 7.03. The van der Waals surface area contributed by atoms with Crippen LogP contribution in [-0.4, -0.2) is 9.97 Å². The summed E-state index contributed by atoms with van der Waals surface area (Å²) in [4.78, 5) is 18.9. The van der Waals surface area contributed by atoms with Gasteiger partial charge in [-0.2, -0.15) is 10.5 Å². The minimum absolute atomic E-state index is 0.159. The standard InChI is InChI=1S/C18H8Cl2N4O/c19-14-2-1-11(7-15(14)20)16-12(8-21)17(10-3-5-23-6-4-10)24-18(25)13(16)9-22/h1-7H,(H,24,25). The molecule has 0 spiro atoms. The molecule has 0 saturated heterocycles. The number of rotatable bonds is 2. The number of benzene rings is 1. The zero-order valence-electron chi connectivity index (χ0n) is 12.5. The van der Waals surface area contributed by atoms with Crippen LogP contribution in [0.5, 0.6) is 0 Å². The van der Waals surface area contributed by atoms with Crippen molar-refractivity contribution >= 4 is 23.2 Å². The molecule has 120 valence electrons. The summed E-state index contributed by atoms with van der Waals surface area (Å²) >= 11 is 12.0. The lowest BCUT2D eigenvalue weighted by molar-refractivity contribution is 1.20. The van der Waals surface area contributed by atoms with Crippen molar-refractivity contribution in [3.63, 3.8) is 0 Å². The van der Waals surface area contributed by atoms with Crippen molar-refractivity contribution in [2.75, 3.05) is 0 Å². The second-order valence-corrected chi connectivity index (χ2v) is 5.86. The zero-order chi connectivity index (χ0) is 18.0. The quantitative estimate of drug-likeness (QED) is 0.736. The Balaban J connectivity index is 2.43. The highest BCUT2D eigenvalue weighted by Crippen LogP contribution is 2.34. The third kappa shape index (κ3) is 2.99. The molecule has 1 aromatic carbocycles. The van der Waals surface area contributed by atoms with Crippen LogP contribution in [0, 0.1) is 22.7 Å². The molecule has 0 fully saturated rings. The molecule has 0 saturated carbocycles. The van der Waals surface area contributed by atoms with Crippen molar-refractivity contribution in [2.24, 2.45) is 0 Å². The number of H-pyrrole nitrogens is 1. The summed E-state index contributed by atoms with van der Waals surface area (Å²) in [5.41, 5.74) is 1.02. The van der Waals surface area contributed by atoms with Crippen LogP contribution >= 0.6 is 23.2 Å². The molecular weight excluding hydrogens is 359 g/mol. The van der Waals surface area contributed by atoms with E-state index < -0.39 is 5.56 Å². The van der Waals surface area contributed by atoms with E-state index in [9.17, 15) is 15.3 Å². The molecule has 0 aliphatic heterocycles. The molecule has 1 N–H and O–H groups in total. The maximum absolute atomic E-state index is 12.4. The number of halogens is 2. The molecule has 25 heavy (non-hydrogen) atoms. The molecular formula is C18H8Cl2N4O. The predicted molar refractivity (Wildman–Crippen MR) is 95.2 cm³/mol. The van der Waals surface area contributed by atoms with Gasteiger partial charge < -0.3 is 4.98 Å². The minimum atomic E-state index is -0.589. The average Bonchev–Trinajstić information content (AvgIpc) is 2.63. The topological polar surface area (TPSA) is 93.3 Å². The van der Waals surface area contributed by atoms with E-state index in [0.29, 0.717) is 21.8 Å². The number of pyridine rings is 2. The summed E-state index contributed by atoms with van der Waals surface area (Å²) in [5, 5.41) is 19.7. The average molecular weight is 367 g/mol. The summed E-state index contributed by atoms with van der Waals surface area (Å²) in [6.07, 6.45) is 3.09. The van der Waals surface area contributed by atoms with Gasteiger partial charge in [0, 0.05) is 23.5 Å². The predicted octanol–water partition coefficient (Wildman–Crippen LogP) is 4.15. The lowest BCUT2D eigenvalue weighted by atomic mass is 9.93. The zero-order valence-corrected chi connectivity index (χ0v) is 14.1. The van der Waals surface area contributed by atoms with Crippen molar-refractivity contribution in [1.29, 1.82) is 10.5 Å². The Labute approximate surface area is 152 Å². The highest BCUT2D eigenvalue weighted by Gasteiger charge is 2.20. The first-order valence-corrected chi connectivity index (χ1v) is 7.78. The van der Waals surface area contributed by atoms with E-state index in [4.69, 9.17) is 23.2 Å². The van der Waals surface area contributed by atoms with Gasteiger partial charge in [0.1, 0.15) is 17.7 Å². The van der Waals surface area contributed by atoms with E-state index >= 15 is 0 Å². The molecule has 0 bridgehead atoms. The van der Waals surface area contributed by atoms with E-state index in [2.05, 4.69) is 16.0 Å². The Bertz CT molecular complexity index is 1110. The number of hydrogen-bond acceptors (Lipinski definition) is 4. The van der Waals surface area contributed by atoms with Crippen LogP contribution in [0.3, 0.4) is 0 Å². The highest BCUT2D eigenvalue weighted by molar-refractivity contribution is 6.42. The van der Waals surface area contributed by atoms with Crippen molar-refractivity contribution < 1.29 is 0 Å². The molecule has 0 amide bonds. The van der Waals surface area contributed by atoms with Gasteiger partial charge in [-0.25, -0.2) is 0 Å². The fourth-order valence-electron chi connectivity index (χ4n) is 2.50. The Kier molecular flexibility index (Phi) is 4.54. The van der Waals surface area contributed by atoms with E-state index in [0.717, 1.165) is 0 Å². The van der Waals surface area contributed by atoms with E-state index in [-0.39, 0.29) is 21.7 Å². The van der Waals surface area contributed by atoms with Gasteiger partial charge in [0.25, 0.3) is 5.56 Å². The van der Waals surface area contributed by atoms with Crippen molar-refractivity contribution in [1.82, 2.24) is 9.97 Å². The molecule has 0 unspecified atom stereocenters. The Morgan fingerprint density at radius 1 is 0.920 bits per heavy atom. The Morgan fingerprint density at radius 3 is 2.20 bits per heavy atom. The van der Waals surface area contributed by atoms with Gasteiger partial charge in [0.05, 0.1) is 21.3 Å². The van der Waals surface area contributed by atoms with E-state index in [1.54, 1.807) is 36.7 Å². The number of aromatic amines is 1. The highest BCUT2D eigenvalue weighted by atomic mass is 35.5. The van der Waals surface area contributed by atoms with Gasteiger partial charge in [-0.1, -0.05) is 29.3 Å². The van der Waals surface area contributed by atoms with Crippen molar-refractivity contribution in [2.45, 2.75) is 0 Å². The summed E-state index contributed by atoms with van der Waals surface area (Å²) in [5.74, 6) is 0. The second kappa shape index (κ2) is 6.78. The van der Waals surface area contributed by atoms with Crippen LogP contribution in [-0.2, 0) is 0 Å². The summed E-state index contributed by atoms with van der Waals surface area (Å²) in [6, 6.07) is 12.0. The van der Waals surface area contributed by atoms with Gasteiger partial charge in [0.2, 0.25) is 0 Å². The Hall–Kier alpha value is -3.12. The summed E-state index contributed by atoms with van der Waals surface area (Å²) in [7, 11) is 0. The molecule has 0 radical (unpaired) electrons. The van der Waals surface area contributed by atoms with Gasteiger partial charge >= 0.3 is 0 Å².